The van der Waals surface area contributed by atoms with Gasteiger partial charge in [-0.05, 0) is 42.5 Å². The first-order chi connectivity index (χ1) is 11.4. The van der Waals surface area contributed by atoms with Crippen molar-refractivity contribution < 1.29 is 14.7 Å². The average Bonchev–Trinajstić information content (AvgIpc) is 2.83. The highest BCUT2D eigenvalue weighted by Gasteiger charge is 2.36. The lowest BCUT2D eigenvalue weighted by Gasteiger charge is -2.27. The second-order valence-corrected chi connectivity index (χ2v) is 7.21. The Hall–Kier alpha value is -2.30. The summed E-state index contributed by atoms with van der Waals surface area (Å²) < 4.78 is 6.59. The minimum absolute atomic E-state index is 0.0537. The third kappa shape index (κ3) is 3.16. The molecule has 2 aromatic rings. The molecule has 128 valence electrons. The number of hydrogen-bond donors (Lipinski definition) is 1. The maximum atomic E-state index is 12.3. The van der Waals surface area contributed by atoms with Crippen molar-refractivity contribution in [3.8, 4) is 17.1 Å². The summed E-state index contributed by atoms with van der Waals surface area (Å²) in [4.78, 5) is 16.8. The van der Waals surface area contributed by atoms with Crippen LogP contribution in [0.4, 0.5) is 0 Å². The summed E-state index contributed by atoms with van der Waals surface area (Å²) in [6.45, 7) is 6.92. The fourth-order valence-corrected chi connectivity index (χ4v) is 3.11. The zero-order valence-electron chi connectivity index (χ0n) is 14.5. The van der Waals surface area contributed by atoms with Crippen LogP contribution in [0.15, 0.2) is 24.3 Å². The number of Topliss-reactive ketones (excluding diaryl/α,β-unsaturated/α-hetero) is 1. The number of unbranched alkanes of at least 4 members (excludes halogenated alkanes) is 1. The van der Waals surface area contributed by atoms with Crippen molar-refractivity contribution in [1.29, 1.82) is 0 Å². The zero-order chi connectivity index (χ0) is 17.3. The SMILES string of the molecule is CCCCOc1ccc(-c2nc3c(n2O)C(=O)CC(C)(C)C3)cc1. The van der Waals surface area contributed by atoms with Crippen LogP contribution in [0.2, 0.25) is 0 Å². The van der Waals surface area contributed by atoms with E-state index < -0.39 is 0 Å². The molecule has 5 heteroatoms. The van der Waals surface area contributed by atoms with Gasteiger partial charge in [-0.1, -0.05) is 27.2 Å². The Morgan fingerprint density at radius 3 is 2.62 bits per heavy atom. The molecule has 0 unspecified atom stereocenters. The molecule has 3 rings (SSSR count). The molecule has 0 aliphatic heterocycles. The van der Waals surface area contributed by atoms with Crippen molar-refractivity contribution in [1.82, 2.24) is 9.71 Å². The van der Waals surface area contributed by atoms with Crippen LogP contribution in [0.1, 0.15) is 56.2 Å². The molecular formula is C19H24N2O3. The molecule has 1 N–H and O–H groups in total. The number of rotatable bonds is 5. The number of hydrogen-bond acceptors (Lipinski definition) is 4. The second-order valence-electron chi connectivity index (χ2n) is 7.21. The van der Waals surface area contributed by atoms with Gasteiger partial charge in [0.15, 0.2) is 11.6 Å². The number of aromatic nitrogens is 2. The van der Waals surface area contributed by atoms with Crippen molar-refractivity contribution in [2.24, 2.45) is 5.41 Å². The Morgan fingerprint density at radius 1 is 1.25 bits per heavy atom. The molecule has 24 heavy (non-hydrogen) atoms. The molecule has 0 spiro atoms. The van der Waals surface area contributed by atoms with Gasteiger partial charge in [-0.2, -0.15) is 4.73 Å². The van der Waals surface area contributed by atoms with Gasteiger partial charge in [0, 0.05) is 12.0 Å². The Bertz CT molecular complexity index is 745. The van der Waals surface area contributed by atoms with Gasteiger partial charge in [0.05, 0.1) is 12.3 Å². The second kappa shape index (κ2) is 6.30. The van der Waals surface area contributed by atoms with Crippen LogP contribution in [-0.2, 0) is 6.42 Å². The maximum Gasteiger partial charge on any atom is 0.185 e. The third-order valence-corrected chi connectivity index (χ3v) is 4.35. The van der Waals surface area contributed by atoms with Crippen molar-refractivity contribution in [3.63, 3.8) is 0 Å². The molecule has 0 amide bonds. The van der Waals surface area contributed by atoms with E-state index >= 15 is 0 Å². The van der Waals surface area contributed by atoms with E-state index in [0.717, 1.165) is 28.9 Å². The topological polar surface area (TPSA) is 64.3 Å². The quantitative estimate of drug-likeness (QED) is 0.662. The van der Waals surface area contributed by atoms with Gasteiger partial charge in [0.2, 0.25) is 0 Å². The monoisotopic (exact) mass is 328 g/mol. The van der Waals surface area contributed by atoms with E-state index in [1.165, 1.54) is 0 Å². The summed E-state index contributed by atoms with van der Waals surface area (Å²) in [6, 6.07) is 7.45. The number of benzene rings is 1. The van der Waals surface area contributed by atoms with Crippen LogP contribution in [0.3, 0.4) is 0 Å². The van der Waals surface area contributed by atoms with Crippen LogP contribution in [0.5, 0.6) is 5.75 Å². The molecular weight excluding hydrogens is 304 g/mol. The molecule has 0 radical (unpaired) electrons. The van der Waals surface area contributed by atoms with Gasteiger partial charge in [0.1, 0.15) is 11.4 Å². The first-order valence-corrected chi connectivity index (χ1v) is 8.48. The molecule has 0 saturated heterocycles. The minimum atomic E-state index is -0.118. The molecule has 1 aromatic heterocycles. The van der Waals surface area contributed by atoms with Gasteiger partial charge in [-0.25, -0.2) is 4.98 Å². The summed E-state index contributed by atoms with van der Waals surface area (Å²) in [5.74, 6) is 1.15. The van der Waals surface area contributed by atoms with Crippen LogP contribution >= 0.6 is 0 Å². The predicted molar refractivity (Wildman–Crippen MR) is 91.7 cm³/mol. The van der Waals surface area contributed by atoms with E-state index in [1.54, 1.807) is 0 Å². The van der Waals surface area contributed by atoms with E-state index in [2.05, 4.69) is 11.9 Å². The van der Waals surface area contributed by atoms with E-state index in [4.69, 9.17) is 4.74 Å². The lowest BCUT2D eigenvalue weighted by atomic mass is 9.77. The third-order valence-electron chi connectivity index (χ3n) is 4.35. The van der Waals surface area contributed by atoms with Crippen LogP contribution in [-0.4, -0.2) is 27.3 Å². The first kappa shape index (κ1) is 16.6. The Labute approximate surface area is 142 Å². The summed E-state index contributed by atoms with van der Waals surface area (Å²) in [6.07, 6.45) is 3.23. The molecule has 1 aromatic carbocycles. The van der Waals surface area contributed by atoms with E-state index in [9.17, 15) is 10.0 Å². The molecule has 1 heterocycles. The highest BCUT2D eigenvalue weighted by atomic mass is 16.5. The smallest absolute Gasteiger partial charge is 0.185 e. The number of ether oxygens (including phenoxy) is 1. The molecule has 1 aliphatic carbocycles. The van der Waals surface area contributed by atoms with Gasteiger partial charge >= 0.3 is 0 Å². The van der Waals surface area contributed by atoms with Gasteiger partial charge in [0.25, 0.3) is 0 Å². The van der Waals surface area contributed by atoms with Gasteiger partial charge < -0.3 is 9.94 Å². The van der Waals surface area contributed by atoms with Crippen molar-refractivity contribution in [3.05, 3.63) is 35.7 Å². The number of carbonyl (C=O) groups is 1. The first-order valence-electron chi connectivity index (χ1n) is 8.48. The fourth-order valence-electron chi connectivity index (χ4n) is 3.11. The largest absolute Gasteiger partial charge is 0.494 e. The highest BCUT2D eigenvalue weighted by Crippen LogP contribution is 2.36. The van der Waals surface area contributed by atoms with E-state index in [-0.39, 0.29) is 11.2 Å². The number of ketones is 1. The van der Waals surface area contributed by atoms with Crippen molar-refractivity contribution >= 4 is 5.78 Å². The maximum absolute atomic E-state index is 12.3. The Kier molecular flexibility index (Phi) is 4.35. The number of imidazole rings is 1. The van der Waals surface area contributed by atoms with Crippen molar-refractivity contribution in [2.45, 2.75) is 46.5 Å². The number of nitrogens with zero attached hydrogens (tertiary/aromatic N) is 2. The summed E-state index contributed by atoms with van der Waals surface area (Å²) in [7, 11) is 0. The van der Waals surface area contributed by atoms with Crippen molar-refractivity contribution in [2.75, 3.05) is 6.61 Å². The number of carbonyl (C=O) groups excluding carboxylic acids is 1. The van der Waals surface area contributed by atoms with Crippen LogP contribution in [0, 0.1) is 5.41 Å². The predicted octanol–water partition coefficient (Wildman–Crippen LogP) is 4.12. The molecule has 0 saturated carbocycles. The summed E-state index contributed by atoms with van der Waals surface area (Å²) in [5, 5.41) is 10.4. The molecule has 1 aliphatic rings. The molecule has 0 fully saturated rings. The lowest BCUT2D eigenvalue weighted by Crippen LogP contribution is -2.28. The lowest BCUT2D eigenvalue weighted by molar-refractivity contribution is 0.0858. The normalized spacial score (nSPS) is 16.0. The summed E-state index contributed by atoms with van der Waals surface area (Å²) in [5.41, 5.74) is 1.65. The molecule has 0 bridgehead atoms. The average molecular weight is 328 g/mol. The molecule has 5 nitrogen and oxygen atoms in total. The van der Waals surface area contributed by atoms with Crippen LogP contribution < -0.4 is 4.74 Å². The molecule has 0 atom stereocenters. The van der Waals surface area contributed by atoms with E-state index in [1.807, 2.05) is 38.1 Å². The fraction of sp³-hybridized carbons (Fsp3) is 0.474. The minimum Gasteiger partial charge on any atom is -0.494 e. The Balaban J connectivity index is 1.87. The highest BCUT2D eigenvalue weighted by molar-refractivity contribution is 5.97. The van der Waals surface area contributed by atoms with E-state index in [0.29, 0.717) is 36.7 Å². The summed E-state index contributed by atoms with van der Waals surface area (Å²) >= 11 is 0. The number of fused-ring (bicyclic) bond motifs is 1. The van der Waals surface area contributed by atoms with Crippen LogP contribution in [0.25, 0.3) is 11.4 Å². The Morgan fingerprint density at radius 2 is 1.96 bits per heavy atom. The standard InChI is InChI=1S/C19H24N2O3/c1-4-5-10-24-14-8-6-13(7-9-14)18-20-15-11-19(2,3)12-16(22)17(15)21(18)23/h6-9,23H,4-5,10-12H2,1-3H3. The van der Waals surface area contributed by atoms with Gasteiger partial charge in [-0.15, -0.1) is 0 Å². The zero-order valence-corrected chi connectivity index (χ0v) is 14.5. The van der Waals surface area contributed by atoms with Gasteiger partial charge in [-0.3, -0.25) is 4.79 Å².